The van der Waals surface area contributed by atoms with Crippen LogP contribution in [0.25, 0.3) is 11.3 Å². The Morgan fingerprint density at radius 1 is 1.47 bits per heavy atom. The molecule has 1 heterocycles. The molecule has 0 N–H and O–H groups in total. The Bertz CT molecular complexity index is 660. The third-order valence-corrected chi connectivity index (χ3v) is 2.40. The molecule has 0 saturated heterocycles. The highest BCUT2D eigenvalue weighted by Gasteiger charge is 2.16. The summed E-state index contributed by atoms with van der Waals surface area (Å²) in [5, 5.41) is 12.2. The molecule has 0 atom stereocenters. The van der Waals surface area contributed by atoms with Crippen LogP contribution in [0.2, 0.25) is 0 Å². The van der Waals surface area contributed by atoms with Crippen molar-refractivity contribution in [1.29, 1.82) is 5.26 Å². The minimum Gasteiger partial charge on any atom is -0.495 e. The van der Waals surface area contributed by atoms with E-state index in [1.54, 1.807) is 12.1 Å². The molecule has 0 spiro atoms. The quantitative estimate of drug-likeness (QED) is 0.843. The summed E-state index contributed by atoms with van der Waals surface area (Å²) in [6.45, 7) is 0. The molecule has 96 valence electrons. The third kappa shape index (κ3) is 2.37. The van der Waals surface area contributed by atoms with Crippen molar-refractivity contribution in [3.8, 4) is 23.1 Å². The molecule has 2 rings (SSSR count). The van der Waals surface area contributed by atoms with Crippen molar-refractivity contribution in [2.75, 3.05) is 7.11 Å². The number of nitriles is 1. The van der Waals surface area contributed by atoms with Crippen molar-refractivity contribution in [2.24, 2.45) is 0 Å². The molecule has 0 amide bonds. The minimum atomic E-state index is -1.24. The second kappa shape index (κ2) is 5.18. The van der Waals surface area contributed by atoms with Crippen molar-refractivity contribution in [2.45, 2.75) is 0 Å². The predicted octanol–water partition coefficient (Wildman–Crippen LogP) is 2.26. The lowest BCUT2D eigenvalue weighted by molar-refractivity contribution is -0.0795. The van der Waals surface area contributed by atoms with Crippen LogP contribution in [0.1, 0.15) is 16.1 Å². The Kier molecular flexibility index (Phi) is 3.43. The molecule has 1 aromatic carbocycles. The summed E-state index contributed by atoms with van der Waals surface area (Å²) in [5.74, 6) is -0.662. The summed E-state index contributed by atoms with van der Waals surface area (Å²) >= 11 is 0. The summed E-state index contributed by atoms with van der Waals surface area (Å²) in [7, 11) is 1.42. The molecule has 7 heteroatoms. The Morgan fingerprint density at radius 2 is 2.26 bits per heavy atom. The molecule has 0 aliphatic rings. The van der Waals surface area contributed by atoms with Crippen LogP contribution in [0.5, 0.6) is 5.75 Å². The van der Waals surface area contributed by atoms with Crippen LogP contribution in [-0.2, 0) is 4.94 Å². The number of carbonyl (C=O) groups is 1. The first-order valence-corrected chi connectivity index (χ1v) is 5.07. The lowest BCUT2D eigenvalue weighted by atomic mass is 10.1. The van der Waals surface area contributed by atoms with Gasteiger partial charge in [0.15, 0.2) is 11.5 Å². The zero-order valence-electron chi connectivity index (χ0n) is 9.71. The first kappa shape index (κ1) is 12.6. The fourth-order valence-electron chi connectivity index (χ4n) is 1.48. The number of benzene rings is 1. The van der Waals surface area contributed by atoms with Gasteiger partial charge < -0.3 is 9.26 Å². The van der Waals surface area contributed by atoms with Gasteiger partial charge in [0.25, 0.3) is 0 Å². The number of hydrogen-bond donors (Lipinski definition) is 0. The summed E-state index contributed by atoms with van der Waals surface area (Å²) in [5.41, 5.74) is 0.594. The maximum atomic E-state index is 11.7. The van der Waals surface area contributed by atoms with E-state index in [9.17, 15) is 9.32 Å². The van der Waals surface area contributed by atoms with Gasteiger partial charge in [-0.05, 0) is 18.2 Å². The maximum absolute atomic E-state index is 11.7. The molecule has 0 unspecified atom stereocenters. The molecule has 1 aromatic heterocycles. The number of carbonyl (C=O) groups excluding carboxylic acids is 1. The van der Waals surface area contributed by atoms with E-state index in [1.165, 1.54) is 19.2 Å². The number of ether oxygens (including phenoxy) is 1. The molecule has 2 aromatic rings. The number of methoxy groups -OCH3 is 1. The standard InChI is InChI=1S/C12H7FN2O4/c1-17-10-4-7(2-3-8(10)6-14)11-5-9(15-19-11)12(16)18-13/h2-5H,1H3. The van der Waals surface area contributed by atoms with E-state index >= 15 is 0 Å². The van der Waals surface area contributed by atoms with Crippen LogP contribution >= 0.6 is 0 Å². The van der Waals surface area contributed by atoms with Gasteiger partial charge in [-0.15, -0.1) is 0 Å². The summed E-state index contributed by atoms with van der Waals surface area (Å²) in [6.07, 6.45) is 0. The number of aromatic nitrogens is 1. The van der Waals surface area contributed by atoms with Crippen molar-refractivity contribution in [1.82, 2.24) is 5.16 Å². The van der Waals surface area contributed by atoms with E-state index in [0.29, 0.717) is 16.9 Å². The van der Waals surface area contributed by atoms with Gasteiger partial charge in [0.2, 0.25) is 0 Å². The van der Waals surface area contributed by atoms with Gasteiger partial charge in [-0.2, -0.15) is 5.26 Å². The van der Waals surface area contributed by atoms with Gasteiger partial charge >= 0.3 is 5.97 Å². The van der Waals surface area contributed by atoms with Crippen LogP contribution in [0.3, 0.4) is 0 Å². The lowest BCUT2D eigenvalue weighted by Gasteiger charge is -2.03. The van der Waals surface area contributed by atoms with E-state index in [4.69, 9.17) is 14.5 Å². The average molecular weight is 262 g/mol. The monoisotopic (exact) mass is 262 g/mol. The number of rotatable bonds is 3. The van der Waals surface area contributed by atoms with Crippen LogP contribution in [0.15, 0.2) is 28.8 Å². The van der Waals surface area contributed by atoms with Crippen LogP contribution in [0, 0.1) is 11.3 Å². The van der Waals surface area contributed by atoms with Gasteiger partial charge in [0.05, 0.1) is 12.7 Å². The molecule has 6 nitrogen and oxygen atoms in total. The third-order valence-electron chi connectivity index (χ3n) is 2.40. The van der Waals surface area contributed by atoms with E-state index in [1.807, 2.05) is 6.07 Å². The van der Waals surface area contributed by atoms with Gasteiger partial charge in [-0.3, -0.25) is 0 Å². The SMILES string of the molecule is COc1cc(-c2cc(C(=O)OF)no2)ccc1C#N. The highest BCUT2D eigenvalue weighted by molar-refractivity contribution is 5.87. The molecule has 0 radical (unpaired) electrons. The van der Waals surface area contributed by atoms with E-state index in [-0.39, 0.29) is 11.5 Å². The average Bonchev–Trinajstić information content (AvgIpc) is 2.95. The molecule has 0 aliphatic heterocycles. The zero-order valence-corrected chi connectivity index (χ0v) is 9.71. The smallest absolute Gasteiger partial charge is 0.401 e. The second-order valence-electron chi connectivity index (χ2n) is 3.47. The minimum absolute atomic E-state index is 0.225. The molecule has 0 aliphatic carbocycles. The van der Waals surface area contributed by atoms with E-state index < -0.39 is 5.97 Å². The summed E-state index contributed by atoms with van der Waals surface area (Å²) < 4.78 is 21.6. The Labute approximate surface area is 106 Å². The molecular weight excluding hydrogens is 255 g/mol. The topological polar surface area (TPSA) is 85.3 Å². The largest absolute Gasteiger partial charge is 0.495 e. The van der Waals surface area contributed by atoms with Crippen LogP contribution in [-0.4, -0.2) is 18.2 Å². The highest BCUT2D eigenvalue weighted by Crippen LogP contribution is 2.27. The van der Waals surface area contributed by atoms with Gasteiger partial charge in [-0.1, -0.05) is 5.16 Å². The highest BCUT2D eigenvalue weighted by atomic mass is 19.3. The van der Waals surface area contributed by atoms with Gasteiger partial charge in [0, 0.05) is 16.2 Å². The molecule has 0 fully saturated rings. The summed E-state index contributed by atoms with van der Waals surface area (Å²) in [4.78, 5) is 13.9. The molecule has 0 saturated carbocycles. The van der Waals surface area contributed by atoms with Crippen molar-refractivity contribution in [3.63, 3.8) is 0 Å². The van der Waals surface area contributed by atoms with E-state index in [0.717, 1.165) is 0 Å². The zero-order chi connectivity index (χ0) is 13.8. The molecule has 19 heavy (non-hydrogen) atoms. The van der Waals surface area contributed by atoms with E-state index in [2.05, 4.69) is 10.1 Å². The maximum Gasteiger partial charge on any atom is 0.401 e. The van der Waals surface area contributed by atoms with Crippen LogP contribution in [0.4, 0.5) is 4.53 Å². The Morgan fingerprint density at radius 3 is 2.89 bits per heavy atom. The molecular formula is C12H7FN2O4. The first-order chi connectivity index (χ1) is 9.19. The summed E-state index contributed by atoms with van der Waals surface area (Å²) in [6, 6.07) is 7.85. The Balaban J connectivity index is 2.40. The Hall–Kier alpha value is -2.88. The second-order valence-corrected chi connectivity index (χ2v) is 3.47. The van der Waals surface area contributed by atoms with Crippen LogP contribution < -0.4 is 4.74 Å². The fraction of sp³-hybridized carbons (Fsp3) is 0.0833. The van der Waals surface area contributed by atoms with Crippen molar-refractivity contribution < 1.29 is 23.5 Å². The first-order valence-electron chi connectivity index (χ1n) is 5.07. The van der Waals surface area contributed by atoms with Crippen molar-refractivity contribution >= 4 is 5.97 Å². The van der Waals surface area contributed by atoms with Gasteiger partial charge in [0.1, 0.15) is 11.8 Å². The molecule has 0 bridgehead atoms. The number of hydrogen-bond acceptors (Lipinski definition) is 6. The van der Waals surface area contributed by atoms with Crippen molar-refractivity contribution in [3.05, 3.63) is 35.5 Å². The lowest BCUT2D eigenvalue weighted by Crippen LogP contribution is -1.97. The van der Waals surface area contributed by atoms with Gasteiger partial charge in [-0.25, -0.2) is 9.74 Å². The predicted molar refractivity (Wildman–Crippen MR) is 59.7 cm³/mol. The number of nitrogens with zero attached hydrogens (tertiary/aromatic N) is 2. The fourth-order valence-corrected chi connectivity index (χ4v) is 1.48. The normalized spacial score (nSPS) is 9.74. The number of halogens is 1.